The number of hydrogen-bond acceptors (Lipinski definition) is 4. The molecule has 0 aliphatic heterocycles. The van der Waals surface area contributed by atoms with Crippen LogP contribution in [-0.2, 0) is 9.53 Å². The predicted molar refractivity (Wildman–Crippen MR) is 64.7 cm³/mol. The summed E-state index contributed by atoms with van der Waals surface area (Å²) in [6.45, 7) is 3.01. The van der Waals surface area contributed by atoms with Gasteiger partial charge in [0.15, 0.2) is 6.61 Å². The highest BCUT2D eigenvalue weighted by molar-refractivity contribution is 5.86. The maximum absolute atomic E-state index is 11.3. The van der Waals surface area contributed by atoms with Gasteiger partial charge in [-0.2, -0.15) is 0 Å². The Labute approximate surface area is 104 Å². The average Bonchev–Trinajstić information content (AvgIpc) is 2.35. The zero-order chi connectivity index (χ0) is 13.4. The number of carbonyl (C=O) groups is 2. The number of nitrogens with one attached hydrogen (secondary N) is 1. The Bertz CT molecular complexity index is 444. The van der Waals surface area contributed by atoms with Crippen molar-refractivity contribution in [2.24, 2.45) is 0 Å². The van der Waals surface area contributed by atoms with Crippen LogP contribution in [0.1, 0.15) is 0 Å². The minimum atomic E-state index is -1.10. The topological polar surface area (TPSA) is 84.9 Å². The first kappa shape index (κ1) is 13.6. The first-order chi connectivity index (χ1) is 8.63. The molecule has 6 heteroatoms. The lowest BCUT2D eigenvalue weighted by molar-refractivity contribution is -0.139. The monoisotopic (exact) mass is 251 g/mol. The Hall–Kier alpha value is -2.50. The summed E-state index contributed by atoms with van der Waals surface area (Å²) in [4.78, 5) is 21.7. The Morgan fingerprint density at radius 1 is 1.39 bits per heavy atom. The molecule has 0 saturated heterocycles. The summed E-state index contributed by atoms with van der Waals surface area (Å²) in [5, 5.41) is 11.0. The van der Waals surface area contributed by atoms with Crippen LogP contribution in [0.25, 0.3) is 0 Å². The summed E-state index contributed by atoms with van der Waals surface area (Å²) in [6, 6.07) is 6.46. The number of anilines is 1. The highest BCUT2D eigenvalue weighted by atomic mass is 16.5. The smallest absolute Gasteiger partial charge is 0.412 e. The molecule has 0 bridgehead atoms. The number of carbonyl (C=O) groups excluding carboxylic acids is 1. The number of hydrogen-bond donors (Lipinski definition) is 2. The van der Waals surface area contributed by atoms with E-state index in [2.05, 4.69) is 11.9 Å². The number of aliphatic carboxylic acids is 1. The van der Waals surface area contributed by atoms with Crippen molar-refractivity contribution >= 4 is 17.7 Å². The standard InChI is InChI=1S/C12H13NO5/c1-2-7-17-12(16)13-9-5-3-4-6-10(9)18-8-11(14)15/h2-6H,1,7-8H2,(H,13,16)(H,14,15). The molecule has 0 aliphatic rings. The maximum Gasteiger partial charge on any atom is 0.412 e. The summed E-state index contributed by atoms with van der Waals surface area (Å²) in [6.07, 6.45) is 0.771. The van der Waals surface area contributed by atoms with Crippen molar-refractivity contribution in [3.05, 3.63) is 36.9 Å². The highest BCUT2D eigenvalue weighted by Crippen LogP contribution is 2.23. The van der Waals surface area contributed by atoms with Crippen molar-refractivity contribution in [3.63, 3.8) is 0 Å². The molecule has 6 nitrogen and oxygen atoms in total. The minimum absolute atomic E-state index is 0.0873. The van der Waals surface area contributed by atoms with Crippen LogP contribution in [0.15, 0.2) is 36.9 Å². The van der Waals surface area contributed by atoms with Crippen LogP contribution in [0.4, 0.5) is 10.5 Å². The number of amides is 1. The van der Waals surface area contributed by atoms with Gasteiger partial charge < -0.3 is 14.6 Å². The second kappa shape index (κ2) is 6.95. The molecule has 1 aromatic carbocycles. The SMILES string of the molecule is C=CCOC(=O)Nc1ccccc1OCC(=O)O. The van der Waals surface area contributed by atoms with Gasteiger partial charge in [0.05, 0.1) is 5.69 Å². The van der Waals surface area contributed by atoms with Crippen molar-refractivity contribution in [2.75, 3.05) is 18.5 Å². The van der Waals surface area contributed by atoms with Crippen LogP contribution in [0.3, 0.4) is 0 Å². The normalized spacial score (nSPS) is 9.33. The van der Waals surface area contributed by atoms with Gasteiger partial charge in [0.25, 0.3) is 0 Å². The van der Waals surface area contributed by atoms with Crippen LogP contribution in [0.2, 0.25) is 0 Å². The summed E-state index contributed by atoms with van der Waals surface area (Å²) < 4.78 is 9.75. The van der Waals surface area contributed by atoms with Gasteiger partial charge in [0.2, 0.25) is 0 Å². The molecular formula is C12H13NO5. The Balaban J connectivity index is 2.66. The summed E-state index contributed by atoms with van der Waals surface area (Å²) in [7, 11) is 0. The van der Waals surface area contributed by atoms with E-state index in [1.54, 1.807) is 24.3 Å². The molecule has 1 amide bonds. The molecule has 0 radical (unpaired) electrons. The fourth-order valence-corrected chi connectivity index (χ4v) is 1.12. The molecule has 0 fully saturated rings. The van der Waals surface area contributed by atoms with E-state index in [9.17, 15) is 9.59 Å². The van der Waals surface area contributed by atoms with Crippen molar-refractivity contribution in [3.8, 4) is 5.75 Å². The number of para-hydroxylation sites is 2. The van der Waals surface area contributed by atoms with E-state index < -0.39 is 18.7 Å². The molecule has 1 aromatic rings. The van der Waals surface area contributed by atoms with Gasteiger partial charge in [-0.15, -0.1) is 0 Å². The average molecular weight is 251 g/mol. The maximum atomic E-state index is 11.3. The first-order valence-electron chi connectivity index (χ1n) is 5.11. The quantitative estimate of drug-likeness (QED) is 0.754. The highest BCUT2D eigenvalue weighted by Gasteiger charge is 2.08. The first-order valence-corrected chi connectivity index (χ1v) is 5.11. The van der Waals surface area contributed by atoms with Crippen LogP contribution >= 0.6 is 0 Å². The largest absolute Gasteiger partial charge is 0.480 e. The van der Waals surface area contributed by atoms with Crippen molar-refractivity contribution in [2.45, 2.75) is 0 Å². The molecular weight excluding hydrogens is 238 g/mol. The summed E-state index contributed by atoms with van der Waals surface area (Å²) in [5.74, 6) is -0.838. The lowest BCUT2D eigenvalue weighted by Gasteiger charge is -2.10. The van der Waals surface area contributed by atoms with E-state index in [1.807, 2.05) is 0 Å². The van der Waals surface area contributed by atoms with E-state index in [4.69, 9.17) is 14.6 Å². The number of benzene rings is 1. The zero-order valence-electron chi connectivity index (χ0n) is 9.59. The summed E-state index contributed by atoms with van der Waals surface area (Å²) in [5.41, 5.74) is 0.341. The van der Waals surface area contributed by atoms with Crippen molar-refractivity contribution in [1.29, 1.82) is 0 Å². The summed E-state index contributed by atoms with van der Waals surface area (Å²) >= 11 is 0. The number of carboxylic acids is 1. The van der Waals surface area contributed by atoms with E-state index >= 15 is 0 Å². The third-order valence-electron chi connectivity index (χ3n) is 1.81. The molecule has 0 saturated carbocycles. The third kappa shape index (κ3) is 4.56. The molecule has 96 valence electrons. The van der Waals surface area contributed by atoms with Crippen molar-refractivity contribution < 1.29 is 24.2 Å². The van der Waals surface area contributed by atoms with Crippen LogP contribution in [0.5, 0.6) is 5.75 Å². The van der Waals surface area contributed by atoms with Crippen LogP contribution in [-0.4, -0.2) is 30.4 Å². The van der Waals surface area contributed by atoms with Crippen molar-refractivity contribution in [1.82, 2.24) is 0 Å². The molecule has 0 aromatic heterocycles. The molecule has 0 unspecified atom stereocenters. The van der Waals surface area contributed by atoms with Gasteiger partial charge in [-0.25, -0.2) is 9.59 Å². The van der Waals surface area contributed by atoms with Crippen LogP contribution < -0.4 is 10.1 Å². The van der Waals surface area contributed by atoms with Gasteiger partial charge in [0.1, 0.15) is 12.4 Å². The fraction of sp³-hybridized carbons (Fsp3) is 0.167. The predicted octanol–water partition coefficient (Wildman–Crippen LogP) is 1.88. The Kier molecular flexibility index (Phi) is 5.24. The molecule has 0 spiro atoms. The van der Waals surface area contributed by atoms with Gasteiger partial charge >= 0.3 is 12.1 Å². The van der Waals surface area contributed by atoms with Crippen LogP contribution in [0, 0.1) is 0 Å². The zero-order valence-corrected chi connectivity index (χ0v) is 9.59. The molecule has 18 heavy (non-hydrogen) atoms. The van der Waals surface area contributed by atoms with E-state index in [0.29, 0.717) is 5.69 Å². The van der Waals surface area contributed by atoms with E-state index in [1.165, 1.54) is 6.08 Å². The molecule has 0 atom stereocenters. The van der Waals surface area contributed by atoms with Gasteiger partial charge in [0, 0.05) is 0 Å². The lowest BCUT2D eigenvalue weighted by atomic mass is 10.3. The second-order valence-electron chi connectivity index (χ2n) is 3.19. The lowest BCUT2D eigenvalue weighted by Crippen LogP contribution is -2.15. The third-order valence-corrected chi connectivity index (χ3v) is 1.81. The Morgan fingerprint density at radius 3 is 2.78 bits per heavy atom. The van der Waals surface area contributed by atoms with E-state index in [-0.39, 0.29) is 12.4 Å². The molecule has 0 aliphatic carbocycles. The van der Waals surface area contributed by atoms with Gasteiger partial charge in [-0.05, 0) is 12.1 Å². The van der Waals surface area contributed by atoms with Gasteiger partial charge in [-0.1, -0.05) is 24.8 Å². The Morgan fingerprint density at radius 2 is 2.11 bits per heavy atom. The molecule has 0 heterocycles. The number of rotatable bonds is 6. The number of ether oxygens (including phenoxy) is 2. The van der Waals surface area contributed by atoms with Gasteiger partial charge in [-0.3, -0.25) is 5.32 Å². The van der Waals surface area contributed by atoms with E-state index in [0.717, 1.165) is 0 Å². The second-order valence-corrected chi connectivity index (χ2v) is 3.19. The number of carboxylic acid groups (broad SMARTS) is 1. The molecule has 1 rings (SSSR count). The minimum Gasteiger partial charge on any atom is -0.480 e. The molecule has 2 N–H and O–H groups in total. The fourth-order valence-electron chi connectivity index (χ4n) is 1.12.